The number of benzene rings is 8. The first kappa shape index (κ1) is 33.6. The number of hydrogen-bond donors (Lipinski definition) is 0. The summed E-state index contributed by atoms with van der Waals surface area (Å²) in [6.07, 6.45) is 0. The lowest BCUT2D eigenvalue weighted by Crippen LogP contribution is -2.32. The highest BCUT2D eigenvalue weighted by Gasteiger charge is 2.51. The SMILES string of the molecule is O=S1(=O)c2ccccc2-c2ccc(-c3nc(-c4ccc(-c5ccccc5)cc4)nc(-c4ccc5c(c4)C4(c6ccccc6Oc6ccccc64)c4ccccc4-5)n3)cc21. The summed E-state index contributed by atoms with van der Waals surface area (Å²) >= 11 is 0. The topological polar surface area (TPSA) is 82.0 Å². The van der Waals surface area contributed by atoms with E-state index in [4.69, 9.17) is 19.7 Å². The lowest BCUT2D eigenvalue weighted by atomic mass is 9.66. The summed E-state index contributed by atoms with van der Waals surface area (Å²) in [5.74, 6) is 2.97. The van der Waals surface area contributed by atoms with Crippen molar-refractivity contribution in [1.82, 2.24) is 15.0 Å². The van der Waals surface area contributed by atoms with Crippen LogP contribution in [0.5, 0.6) is 11.5 Å². The van der Waals surface area contributed by atoms with Crippen LogP contribution in [-0.4, -0.2) is 23.4 Å². The molecule has 0 bridgehead atoms. The summed E-state index contributed by atoms with van der Waals surface area (Å²) in [7, 11) is -3.73. The molecule has 278 valence electrons. The van der Waals surface area contributed by atoms with Gasteiger partial charge in [0, 0.05) is 38.9 Å². The van der Waals surface area contributed by atoms with Gasteiger partial charge < -0.3 is 4.74 Å². The van der Waals surface area contributed by atoms with Gasteiger partial charge in [-0.25, -0.2) is 23.4 Å². The van der Waals surface area contributed by atoms with Crippen molar-refractivity contribution in [1.29, 1.82) is 0 Å². The van der Waals surface area contributed by atoms with E-state index in [1.54, 1.807) is 18.2 Å². The van der Waals surface area contributed by atoms with Gasteiger partial charge in [-0.2, -0.15) is 0 Å². The minimum Gasteiger partial charge on any atom is -0.457 e. The molecule has 0 saturated heterocycles. The molecule has 9 aromatic rings. The molecule has 0 amide bonds. The Labute approximate surface area is 341 Å². The van der Waals surface area contributed by atoms with E-state index in [1.807, 2.05) is 78.9 Å². The zero-order valence-electron chi connectivity index (χ0n) is 31.4. The van der Waals surface area contributed by atoms with Gasteiger partial charge >= 0.3 is 0 Å². The molecule has 0 atom stereocenters. The highest BCUT2D eigenvalue weighted by Crippen LogP contribution is 2.62. The van der Waals surface area contributed by atoms with Crippen LogP contribution in [0.3, 0.4) is 0 Å². The third kappa shape index (κ3) is 4.85. The predicted molar refractivity (Wildman–Crippen MR) is 230 cm³/mol. The molecule has 0 unspecified atom stereocenters. The van der Waals surface area contributed by atoms with Crippen molar-refractivity contribution in [2.45, 2.75) is 15.2 Å². The molecule has 0 radical (unpaired) electrons. The van der Waals surface area contributed by atoms with E-state index < -0.39 is 15.3 Å². The molecule has 59 heavy (non-hydrogen) atoms. The van der Waals surface area contributed by atoms with Gasteiger partial charge in [0.15, 0.2) is 17.5 Å². The Bertz CT molecular complexity index is 3280. The number of hydrogen-bond acceptors (Lipinski definition) is 6. The van der Waals surface area contributed by atoms with Gasteiger partial charge in [0.1, 0.15) is 11.5 Å². The highest BCUT2D eigenvalue weighted by molar-refractivity contribution is 7.92. The van der Waals surface area contributed by atoms with Gasteiger partial charge in [-0.05, 0) is 63.7 Å². The van der Waals surface area contributed by atoms with E-state index in [-0.39, 0.29) is 4.90 Å². The second-order valence-electron chi connectivity index (χ2n) is 15.1. The van der Waals surface area contributed by atoms with Crippen molar-refractivity contribution in [2.24, 2.45) is 0 Å². The molecule has 3 heterocycles. The summed E-state index contributed by atoms with van der Waals surface area (Å²) in [4.78, 5) is 15.9. The van der Waals surface area contributed by atoms with E-state index in [0.29, 0.717) is 39.1 Å². The normalized spacial score (nSPS) is 14.3. The molecular weight excluding hydrogens is 747 g/mol. The van der Waals surface area contributed by atoms with Crippen molar-refractivity contribution in [3.8, 4) is 79.0 Å². The molecule has 0 fully saturated rings. The second-order valence-corrected chi connectivity index (χ2v) is 17.0. The first-order valence-electron chi connectivity index (χ1n) is 19.5. The number of fused-ring (bicyclic) bond motifs is 12. The molecule has 0 saturated carbocycles. The summed E-state index contributed by atoms with van der Waals surface area (Å²) in [6.45, 7) is 0. The Morgan fingerprint density at radius 3 is 1.51 bits per heavy atom. The Morgan fingerprint density at radius 1 is 0.356 bits per heavy atom. The molecule has 8 aromatic carbocycles. The van der Waals surface area contributed by atoms with Gasteiger partial charge in [0.2, 0.25) is 9.84 Å². The maximum absolute atomic E-state index is 13.8. The quantitative estimate of drug-likeness (QED) is 0.177. The Balaban J connectivity index is 1.07. The average molecular weight is 778 g/mol. The summed E-state index contributed by atoms with van der Waals surface area (Å²) in [5.41, 5.74) is 11.8. The van der Waals surface area contributed by atoms with Crippen LogP contribution in [0.4, 0.5) is 0 Å². The summed E-state index contributed by atoms with van der Waals surface area (Å²) in [5, 5.41) is 0. The number of aromatic nitrogens is 3. The van der Waals surface area contributed by atoms with Crippen LogP contribution in [0.1, 0.15) is 22.3 Å². The standard InChI is InChI=1S/C52H31N3O3S/c56-59(57)47-21-11-5-15-39(47)40-29-27-36(31-48(40)59)51-54-49(34-24-22-33(23-25-34)32-12-2-1-3-13-32)53-50(55-51)35-26-28-38-37-14-4-6-16-41(37)52(44(38)30-35)42-17-7-9-19-45(42)58-46-20-10-8-18-43(46)52/h1-31H. The van der Waals surface area contributed by atoms with E-state index in [9.17, 15) is 8.42 Å². The number of nitrogens with zero attached hydrogens (tertiary/aromatic N) is 3. The third-order valence-electron chi connectivity index (χ3n) is 12.0. The molecule has 6 nitrogen and oxygen atoms in total. The summed E-state index contributed by atoms with van der Waals surface area (Å²) < 4.78 is 34.3. The largest absolute Gasteiger partial charge is 0.457 e. The predicted octanol–water partition coefficient (Wildman–Crippen LogP) is 11.8. The van der Waals surface area contributed by atoms with Gasteiger partial charge in [-0.15, -0.1) is 0 Å². The number of para-hydroxylation sites is 2. The minimum absolute atomic E-state index is 0.251. The van der Waals surface area contributed by atoms with Gasteiger partial charge in [0.05, 0.1) is 15.2 Å². The van der Waals surface area contributed by atoms with Crippen LogP contribution in [0.2, 0.25) is 0 Å². The van der Waals surface area contributed by atoms with Crippen LogP contribution in [0.25, 0.3) is 67.5 Å². The lowest BCUT2D eigenvalue weighted by molar-refractivity contribution is 0.436. The fourth-order valence-corrected chi connectivity index (χ4v) is 11.1. The molecule has 2 aliphatic heterocycles. The summed E-state index contributed by atoms with van der Waals surface area (Å²) in [6, 6.07) is 62.7. The number of rotatable bonds is 4. The van der Waals surface area contributed by atoms with E-state index >= 15 is 0 Å². The molecular formula is C52H31N3O3S. The van der Waals surface area contributed by atoms with Crippen molar-refractivity contribution in [3.05, 3.63) is 210 Å². The maximum Gasteiger partial charge on any atom is 0.207 e. The Morgan fingerprint density at radius 2 is 0.814 bits per heavy atom. The fraction of sp³-hybridized carbons (Fsp3) is 0.0192. The smallest absolute Gasteiger partial charge is 0.207 e. The molecule has 1 aliphatic carbocycles. The minimum atomic E-state index is -3.73. The zero-order chi connectivity index (χ0) is 39.3. The Kier molecular flexibility index (Phi) is 7.13. The Hall–Kier alpha value is -7.48. The zero-order valence-corrected chi connectivity index (χ0v) is 32.2. The molecule has 12 rings (SSSR count). The number of sulfone groups is 1. The monoisotopic (exact) mass is 777 g/mol. The highest BCUT2D eigenvalue weighted by atomic mass is 32.2. The molecule has 0 N–H and O–H groups in total. The van der Waals surface area contributed by atoms with Gasteiger partial charge in [0.25, 0.3) is 0 Å². The molecule has 7 heteroatoms. The molecule has 1 spiro atoms. The van der Waals surface area contributed by atoms with Gasteiger partial charge in [-0.3, -0.25) is 0 Å². The van der Waals surface area contributed by atoms with Crippen LogP contribution < -0.4 is 4.74 Å². The van der Waals surface area contributed by atoms with Crippen molar-refractivity contribution < 1.29 is 13.2 Å². The van der Waals surface area contributed by atoms with Crippen LogP contribution in [0.15, 0.2) is 198 Å². The van der Waals surface area contributed by atoms with Crippen molar-refractivity contribution in [2.75, 3.05) is 0 Å². The van der Waals surface area contributed by atoms with Crippen molar-refractivity contribution >= 4 is 9.84 Å². The first-order chi connectivity index (χ1) is 29.0. The van der Waals surface area contributed by atoms with E-state index in [2.05, 4.69) is 91.0 Å². The number of ether oxygens (including phenoxy) is 1. The average Bonchev–Trinajstić information content (AvgIpc) is 3.71. The third-order valence-corrected chi connectivity index (χ3v) is 13.8. The van der Waals surface area contributed by atoms with E-state index in [0.717, 1.165) is 61.6 Å². The van der Waals surface area contributed by atoms with Crippen LogP contribution >= 0.6 is 0 Å². The van der Waals surface area contributed by atoms with Gasteiger partial charge in [-0.1, -0.05) is 158 Å². The molecule has 3 aliphatic rings. The second kappa shape index (κ2) is 12.5. The fourth-order valence-electron chi connectivity index (χ4n) is 9.35. The molecule has 1 aromatic heterocycles. The van der Waals surface area contributed by atoms with E-state index in [1.165, 1.54) is 5.56 Å². The first-order valence-corrected chi connectivity index (χ1v) is 21.0. The van der Waals surface area contributed by atoms with Crippen LogP contribution in [0, 0.1) is 0 Å². The van der Waals surface area contributed by atoms with Crippen LogP contribution in [-0.2, 0) is 15.3 Å². The maximum atomic E-state index is 13.8. The lowest BCUT2D eigenvalue weighted by Gasteiger charge is -2.39. The van der Waals surface area contributed by atoms with Crippen molar-refractivity contribution in [3.63, 3.8) is 0 Å².